The molecule has 4 aromatic rings. The molecule has 0 saturated heterocycles. The second-order valence-electron chi connectivity index (χ2n) is 7.12. The number of hydrogen-bond acceptors (Lipinski definition) is 7. The summed E-state index contributed by atoms with van der Waals surface area (Å²) in [5.74, 6) is -0.876. The third-order valence-corrected chi connectivity index (χ3v) is 6.08. The predicted molar refractivity (Wildman–Crippen MR) is 122 cm³/mol. The van der Waals surface area contributed by atoms with Gasteiger partial charge in [0.2, 0.25) is 0 Å². The predicted octanol–water partition coefficient (Wildman–Crippen LogP) is 4.53. The lowest BCUT2D eigenvalue weighted by molar-refractivity contribution is -0.137. The quantitative estimate of drug-likeness (QED) is 0.385. The topological polar surface area (TPSA) is 115 Å². The van der Waals surface area contributed by atoms with Gasteiger partial charge in [-0.2, -0.15) is 18.3 Å². The van der Waals surface area contributed by atoms with Crippen LogP contribution in [0.3, 0.4) is 0 Å². The van der Waals surface area contributed by atoms with E-state index in [-0.39, 0.29) is 10.7 Å². The minimum absolute atomic E-state index is 0.120. The van der Waals surface area contributed by atoms with E-state index in [1.54, 1.807) is 31.3 Å². The van der Waals surface area contributed by atoms with Crippen LogP contribution in [-0.2, 0) is 6.18 Å². The van der Waals surface area contributed by atoms with E-state index >= 15 is 0 Å². The van der Waals surface area contributed by atoms with Crippen LogP contribution in [-0.4, -0.2) is 36.5 Å². The highest BCUT2D eigenvalue weighted by Gasteiger charge is 2.34. The van der Waals surface area contributed by atoms with E-state index in [1.807, 2.05) is 0 Å². The molecule has 180 valence electrons. The van der Waals surface area contributed by atoms with Gasteiger partial charge in [-0.15, -0.1) is 11.3 Å². The molecule has 0 radical (unpaired) electrons. The summed E-state index contributed by atoms with van der Waals surface area (Å²) in [6, 6.07) is 5.38. The molecule has 0 aliphatic rings. The third-order valence-electron chi connectivity index (χ3n) is 4.60. The number of nitrogens with one attached hydrogen (secondary N) is 2. The van der Waals surface area contributed by atoms with Gasteiger partial charge in [-0.05, 0) is 25.1 Å². The van der Waals surface area contributed by atoms with Crippen molar-refractivity contribution in [1.29, 1.82) is 0 Å². The average molecular weight is 522 g/mol. The first-order valence-corrected chi connectivity index (χ1v) is 11.1. The lowest BCUT2D eigenvalue weighted by atomic mass is 10.2. The number of halogens is 4. The van der Waals surface area contributed by atoms with E-state index in [9.17, 15) is 22.8 Å². The fourth-order valence-corrected chi connectivity index (χ4v) is 3.92. The minimum Gasteiger partial charge on any atom is -0.343 e. The van der Waals surface area contributed by atoms with Gasteiger partial charge in [0, 0.05) is 18.6 Å². The van der Waals surface area contributed by atoms with E-state index in [2.05, 4.69) is 30.7 Å². The lowest BCUT2D eigenvalue weighted by Crippen LogP contribution is -2.26. The Bertz CT molecular complexity index is 1370. The standard InChI is InChI=1S/C21H15ClF3N7O2S/c1-11(30-18(33)12-7-29-32(10-12)17-4-2-3-5-26-17)20-28-9-15(35-20)19(34)31-16-6-13(21(23,24)25)14(22)8-27-16/h2-11H,1H3,(H,30,33)(H,27,31,34)/t11-/m1/s1. The maximum Gasteiger partial charge on any atom is 0.418 e. The van der Waals surface area contributed by atoms with Crippen LogP contribution in [0.2, 0.25) is 5.02 Å². The molecule has 14 heteroatoms. The van der Waals surface area contributed by atoms with E-state index in [0.29, 0.717) is 22.5 Å². The summed E-state index contributed by atoms with van der Waals surface area (Å²) in [5.41, 5.74) is -0.816. The fraction of sp³-hybridized carbons (Fsp3) is 0.143. The molecule has 2 amide bonds. The van der Waals surface area contributed by atoms with Crippen molar-refractivity contribution in [2.24, 2.45) is 0 Å². The number of alkyl halides is 3. The molecular weight excluding hydrogens is 507 g/mol. The lowest BCUT2D eigenvalue weighted by Gasteiger charge is -2.11. The Labute approximate surface area is 205 Å². The van der Waals surface area contributed by atoms with Gasteiger partial charge in [-0.1, -0.05) is 17.7 Å². The Kier molecular flexibility index (Phi) is 6.80. The molecule has 0 saturated carbocycles. The number of anilines is 1. The summed E-state index contributed by atoms with van der Waals surface area (Å²) >= 11 is 6.52. The number of aromatic nitrogens is 5. The Hall–Kier alpha value is -3.84. The first kappa shape index (κ1) is 24.3. The van der Waals surface area contributed by atoms with Crippen LogP contribution in [0.15, 0.2) is 55.2 Å². The average Bonchev–Trinajstić information content (AvgIpc) is 3.51. The molecule has 1 atom stereocenters. The van der Waals surface area contributed by atoms with E-state index in [4.69, 9.17) is 11.6 Å². The number of hydrogen-bond donors (Lipinski definition) is 2. The zero-order valence-electron chi connectivity index (χ0n) is 17.7. The fourth-order valence-electron chi connectivity index (χ4n) is 2.89. The van der Waals surface area contributed by atoms with Gasteiger partial charge < -0.3 is 10.6 Å². The van der Waals surface area contributed by atoms with Crippen LogP contribution in [0.4, 0.5) is 19.0 Å². The monoisotopic (exact) mass is 521 g/mol. The number of amides is 2. The summed E-state index contributed by atoms with van der Waals surface area (Å²) in [6.07, 6.45) is 1.90. The van der Waals surface area contributed by atoms with Gasteiger partial charge in [-0.25, -0.2) is 19.6 Å². The van der Waals surface area contributed by atoms with Crippen molar-refractivity contribution >= 4 is 40.6 Å². The molecule has 4 aromatic heterocycles. The molecule has 0 bridgehead atoms. The van der Waals surface area contributed by atoms with Crippen LogP contribution in [0.5, 0.6) is 0 Å². The van der Waals surface area contributed by atoms with Crippen LogP contribution in [0.25, 0.3) is 5.82 Å². The molecule has 0 aliphatic carbocycles. The van der Waals surface area contributed by atoms with E-state index in [0.717, 1.165) is 17.5 Å². The van der Waals surface area contributed by atoms with Gasteiger partial charge in [0.1, 0.15) is 15.7 Å². The van der Waals surface area contributed by atoms with Crippen molar-refractivity contribution in [2.45, 2.75) is 19.1 Å². The molecule has 0 aromatic carbocycles. The minimum atomic E-state index is -4.70. The highest BCUT2D eigenvalue weighted by atomic mass is 35.5. The smallest absolute Gasteiger partial charge is 0.343 e. The normalized spacial score (nSPS) is 12.3. The Morgan fingerprint density at radius 3 is 2.63 bits per heavy atom. The molecule has 4 rings (SSSR count). The van der Waals surface area contributed by atoms with Gasteiger partial charge in [0.05, 0.1) is 34.6 Å². The Balaban J connectivity index is 1.41. The maximum atomic E-state index is 13.0. The molecule has 35 heavy (non-hydrogen) atoms. The van der Waals surface area contributed by atoms with Crippen LogP contribution >= 0.6 is 22.9 Å². The number of nitrogens with zero attached hydrogens (tertiary/aromatic N) is 5. The van der Waals surface area contributed by atoms with Crippen molar-refractivity contribution < 1.29 is 22.8 Å². The van der Waals surface area contributed by atoms with Gasteiger partial charge in [0.15, 0.2) is 5.82 Å². The van der Waals surface area contributed by atoms with Gasteiger partial charge in [0.25, 0.3) is 11.8 Å². The highest BCUT2D eigenvalue weighted by molar-refractivity contribution is 7.13. The third kappa shape index (κ3) is 5.63. The number of carbonyl (C=O) groups is 2. The molecule has 0 aliphatic heterocycles. The van der Waals surface area contributed by atoms with Crippen molar-refractivity contribution in [2.75, 3.05) is 5.32 Å². The SMILES string of the molecule is C[C@@H](NC(=O)c1cnn(-c2ccccn2)c1)c1ncc(C(=O)Nc2cc(C(F)(F)F)c(Cl)cn2)s1. The molecule has 4 heterocycles. The molecular formula is C21H15ClF3N7O2S. The second-order valence-corrected chi connectivity index (χ2v) is 8.59. The summed E-state index contributed by atoms with van der Waals surface area (Å²) in [5, 5.41) is 9.02. The number of pyridine rings is 2. The van der Waals surface area contributed by atoms with Crippen LogP contribution in [0, 0.1) is 0 Å². The van der Waals surface area contributed by atoms with Crippen LogP contribution in [0.1, 0.15) is 43.6 Å². The molecule has 0 fully saturated rings. The number of rotatable bonds is 6. The van der Waals surface area contributed by atoms with Crippen molar-refractivity contribution in [3.63, 3.8) is 0 Å². The number of carbonyl (C=O) groups excluding carboxylic acids is 2. The van der Waals surface area contributed by atoms with E-state index in [1.165, 1.54) is 23.3 Å². The summed E-state index contributed by atoms with van der Waals surface area (Å²) in [6.45, 7) is 1.68. The molecule has 0 spiro atoms. The summed E-state index contributed by atoms with van der Waals surface area (Å²) in [4.78, 5) is 37.2. The van der Waals surface area contributed by atoms with Crippen molar-refractivity contribution in [3.05, 3.63) is 81.3 Å². The molecule has 2 N–H and O–H groups in total. The highest BCUT2D eigenvalue weighted by Crippen LogP contribution is 2.35. The Morgan fingerprint density at radius 1 is 1.11 bits per heavy atom. The number of thiazole rings is 1. The first-order valence-electron chi connectivity index (χ1n) is 9.88. The van der Waals surface area contributed by atoms with Gasteiger partial charge >= 0.3 is 6.18 Å². The van der Waals surface area contributed by atoms with E-state index < -0.39 is 34.6 Å². The molecule has 9 nitrogen and oxygen atoms in total. The second kappa shape index (κ2) is 9.80. The molecule has 0 unspecified atom stereocenters. The Morgan fingerprint density at radius 2 is 1.91 bits per heavy atom. The van der Waals surface area contributed by atoms with Crippen LogP contribution < -0.4 is 10.6 Å². The first-order chi connectivity index (χ1) is 16.6. The summed E-state index contributed by atoms with van der Waals surface area (Å²) < 4.78 is 40.5. The summed E-state index contributed by atoms with van der Waals surface area (Å²) in [7, 11) is 0. The van der Waals surface area contributed by atoms with Crippen molar-refractivity contribution in [1.82, 2.24) is 30.0 Å². The van der Waals surface area contributed by atoms with Gasteiger partial charge in [-0.3, -0.25) is 9.59 Å². The largest absolute Gasteiger partial charge is 0.418 e. The van der Waals surface area contributed by atoms with Crippen molar-refractivity contribution in [3.8, 4) is 5.82 Å². The zero-order chi connectivity index (χ0) is 25.2. The maximum absolute atomic E-state index is 13.0. The zero-order valence-corrected chi connectivity index (χ0v) is 19.3.